The molecule has 1 aromatic rings. The molecule has 0 spiro atoms. The fraction of sp³-hybridized carbons (Fsp3) is 0.647. The zero-order chi connectivity index (χ0) is 13.2. The second kappa shape index (κ2) is 5.44. The van der Waals surface area contributed by atoms with E-state index in [1.165, 1.54) is 36.8 Å². The average Bonchev–Trinajstić information content (AvgIpc) is 2.36. The maximum Gasteiger partial charge on any atom is 0.0435 e. The van der Waals surface area contributed by atoms with Crippen molar-refractivity contribution >= 4 is 0 Å². The van der Waals surface area contributed by atoms with Crippen LogP contribution in [0, 0.1) is 11.8 Å². The maximum atomic E-state index is 6.71. The number of hydrogen-bond donors (Lipinski definition) is 1. The first-order valence-electron chi connectivity index (χ1n) is 7.44. The van der Waals surface area contributed by atoms with Crippen LogP contribution in [-0.4, -0.2) is 0 Å². The molecule has 100 valence electrons. The quantitative estimate of drug-likeness (QED) is 0.846. The third kappa shape index (κ3) is 2.61. The van der Waals surface area contributed by atoms with Crippen LogP contribution in [0.15, 0.2) is 24.3 Å². The van der Waals surface area contributed by atoms with Crippen molar-refractivity contribution in [1.29, 1.82) is 0 Å². The predicted octanol–water partition coefficient (Wildman–Crippen LogP) is 4.25. The third-order valence-corrected chi connectivity index (χ3v) is 4.72. The van der Waals surface area contributed by atoms with Gasteiger partial charge in [-0.15, -0.1) is 0 Å². The molecule has 3 unspecified atom stereocenters. The van der Waals surface area contributed by atoms with Gasteiger partial charge in [0, 0.05) is 5.54 Å². The molecule has 2 rings (SSSR count). The minimum atomic E-state index is -0.0999. The van der Waals surface area contributed by atoms with Gasteiger partial charge in [0.1, 0.15) is 0 Å². The highest BCUT2D eigenvalue weighted by Gasteiger charge is 2.37. The molecule has 0 saturated heterocycles. The summed E-state index contributed by atoms with van der Waals surface area (Å²) in [6.45, 7) is 6.89. The number of rotatable bonds is 3. The van der Waals surface area contributed by atoms with E-state index in [2.05, 4.69) is 45.0 Å². The highest BCUT2D eigenvalue weighted by Crippen LogP contribution is 2.41. The molecule has 0 bridgehead atoms. The molecule has 18 heavy (non-hydrogen) atoms. The summed E-state index contributed by atoms with van der Waals surface area (Å²) < 4.78 is 0. The van der Waals surface area contributed by atoms with Crippen LogP contribution in [0.1, 0.15) is 57.6 Å². The molecule has 3 atom stereocenters. The van der Waals surface area contributed by atoms with Crippen molar-refractivity contribution in [3.05, 3.63) is 35.4 Å². The zero-order valence-electron chi connectivity index (χ0n) is 12.1. The van der Waals surface area contributed by atoms with Crippen LogP contribution in [0.5, 0.6) is 0 Å². The first-order chi connectivity index (χ1) is 8.56. The Balaban J connectivity index is 2.19. The zero-order valence-corrected chi connectivity index (χ0v) is 12.1. The minimum Gasteiger partial charge on any atom is -0.321 e. The summed E-state index contributed by atoms with van der Waals surface area (Å²) in [6.07, 6.45) is 6.03. The van der Waals surface area contributed by atoms with E-state index in [4.69, 9.17) is 5.73 Å². The molecule has 1 nitrogen and oxygen atoms in total. The van der Waals surface area contributed by atoms with Crippen molar-refractivity contribution in [2.24, 2.45) is 17.6 Å². The Labute approximate surface area is 112 Å². The smallest absolute Gasteiger partial charge is 0.0435 e. The standard InChI is InChI=1S/C17H27N/c1-4-5-15-6-8-16(9-7-15)17(18)11-10-13(2)12-14(17)3/h6-9,13-14H,4-5,10-12,18H2,1-3H3. The van der Waals surface area contributed by atoms with Crippen molar-refractivity contribution < 1.29 is 0 Å². The fourth-order valence-corrected chi connectivity index (χ4v) is 3.36. The maximum absolute atomic E-state index is 6.71. The molecule has 0 aromatic heterocycles. The van der Waals surface area contributed by atoms with Crippen LogP contribution in [0.3, 0.4) is 0 Å². The Kier molecular flexibility index (Phi) is 4.11. The fourth-order valence-electron chi connectivity index (χ4n) is 3.36. The molecule has 0 amide bonds. The molecule has 1 fully saturated rings. The first kappa shape index (κ1) is 13.6. The molecular weight excluding hydrogens is 218 g/mol. The third-order valence-electron chi connectivity index (χ3n) is 4.72. The van der Waals surface area contributed by atoms with Gasteiger partial charge >= 0.3 is 0 Å². The summed E-state index contributed by atoms with van der Waals surface area (Å²) in [6, 6.07) is 9.05. The van der Waals surface area contributed by atoms with E-state index in [1.54, 1.807) is 0 Å². The topological polar surface area (TPSA) is 26.0 Å². The largest absolute Gasteiger partial charge is 0.321 e. The Bertz CT molecular complexity index is 381. The molecule has 1 aliphatic rings. The lowest BCUT2D eigenvalue weighted by Gasteiger charge is -2.42. The highest BCUT2D eigenvalue weighted by molar-refractivity contribution is 5.29. The van der Waals surface area contributed by atoms with Gasteiger partial charge in [-0.1, -0.05) is 51.5 Å². The van der Waals surface area contributed by atoms with Gasteiger partial charge < -0.3 is 5.73 Å². The van der Waals surface area contributed by atoms with E-state index >= 15 is 0 Å². The van der Waals surface area contributed by atoms with E-state index in [-0.39, 0.29) is 5.54 Å². The van der Waals surface area contributed by atoms with Gasteiger partial charge in [0.25, 0.3) is 0 Å². The second-order valence-electron chi connectivity index (χ2n) is 6.27. The second-order valence-corrected chi connectivity index (χ2v) is 6.27. The van der Waals surface area contributed by atoms with Crippen molar-refractivity contribution in [3.63, 3.8) is 0 Å². The van der Waals surface area contributed by atoms with Crippen LogP contribution in [-0.2, 0) is 12.0 Å². The molecule has 1 aliphatic carbocycles. The van der Waals surface area contributed by atoms with E-state index in [0.29, 0.717) is 5.92 Å². The van der Waals surface area contributed by atoms with Gasteiger partial charge in [0.2, 0.25) is 0 Å². The van der Waals surface area contributed by atoms with Gasteiger partial charge in [-0.25, -0.2) is 0 Å². The van der Waals surface area contributed by atoms with Crippen molar-refractivity contribution in [1.82, 2.24) is 0 Å². The molecule has 1 saturated carbocycles. The molecule has 1 aromatic carbocycles. The Morgan fingerprint density at radius 3 is 2.44 bits per heavy atom. The minimum absolute atomic E-state index is 0.0999. The van der Waals surface area contributed by atoms with E-state index in [0.717, 1.165) is 12.3 Å². The number of hydrogen-bond acceptors (Lipinski definition) is 1. The lowest BCUT2D eigenvalue weighted by Crippen LogP contribution is -2.46. The van der Waals surface area contributed by atoms with Gasteiger partial charge in [-0.05, 0) is 48.6 Å². The van der Waals surface area contributed by atoms with Crippen LogP contribution in [0.25, 0.3) is 0 Å². The monoisotopic (exact) mass is 245 g/mol. The Morgan fingerprint density at radius 2 is 1.89 bits per heavy atom. The summed E-state index contributed by atoms with van der Waals surface area (Å²) >= 11 is 0. The van der Waals surface area contributed by atoms with Crippen LogP contribution in [0.4, 0.5) is 0 Å². The van der Waals surface area contributed by atoms with Crippen molar-refractivity contribution in [2.45, 2.75) is 58.4 Å². The van der Waals surface area contributed by atoms with Gasteiger partial charge in [0.15, 0.2) is 0 Å². The van der Waals surface area contributed by atoms with Gasteiger partial charge in [-0.3, -0.25) is 0 Å². The van der Waals surface area contributed by atoms with Gasteiger partial charge in [0.05, 0.1) is 0 Å². The molecular formula is C17H27N. The SMILES string of the molecule is CCCc1ccc(C2(N)CCC(C)CC2C)cc1. The van der Waals surface area contributed by atoms with E-state index in [1.807, 2.05) is 0 Å². The molecule has 0 heterocycles. The van der Waals surface area contributed by atoms with Crippen molar-refractivity contribution in [2.75, 3.05) is 0 Å². The lowest BCUT2D eigenvalue weighted by molar-refractivity contribution is 0.164. The summed E-state index contributed by atoms with van der Waals surface area (Å²) in [4.78, 5) is 0. The van der Waals surface area contributed by atoms with Crippen LogP contribution >= 0.6 is 0 Å². The average molecular weight is 245 g/mol. The molecule has 0 radical (unpaired) electrons. The summed E-state index contributed by atoms with van der Waals surface area (Å²) in [5.74, 6) is 1.41. The van der Waals surface area contributed by atoms with E-state index in [9.17, 15) is 0 Å². The van der Waals surface area contributed by atoms with Crippen LogP contribution < -0.4 is 5.73 Å². The molecule has 0 aliphatic heterocycles. The van der Waals surface area contributed by atoms with Crippen molar-refractivity contribution in [3.8, 4) is 0 Å². The summed E-state index contributed by atoms with van der Waals surface area (Å²) in [5, 5.41) is 0. The van der Waals surface area contributed by atoms with Crippen LogP contribution in [0.2, 0.25) is 0 Å². The summed E-state index contributed by atoms with van der Waals surface area (Å²) in [5.41, 5.74) is 9.38. The Hall–Kier alpha value is -0.820. The number of nitrogens with two attached hydrogens (primary N) is 1. The summed E-state index contributed by atoms with van der Waals surface area (Å²) in [7, 11) is 0. The number of benzene rings is 1. The van der Waals surface area contributed by atoms with E-state index < -0.39 is 0 Å². The number of aryl methyl sites for hydroxylation is 1. The Morgan fingerprint density at radius 1 is 1.22 bits per heavy atom. The normalized spacial score (nSPS) is 32.4. The highest BCUT2D eigenvalue weighted by atomic mass is 14.8. The predicted molar refractivity (Wildman–Crippen MR) is 78.5 cm³/mol. The first-order valence-corrected chi connectivity index (χ1v) is 7.44. The molecule has 2 N–H and O–H groups in total. The van der Waals surface area contributed by atoms with Gasteiger partial charge in [-0.2, -0.15) is 0 Å². The molecule has 1 heteroatoms. The lowest BCUT2D eigenvalue weighted by atomic mass is 9.67.